The van der Waals surface area contributed by atoms with Gasteiger partial charge >= 0.3 is 0 Å². The lowest BCUT2D eigenvalue weighted by atomic mass is 10.1. The van der Waals surface area contributed by atoms with Crippen LogP contribution in [0.3, 0.4) is 0 Å². The Balaban J connectivity index is 1.54. The van der Waals surface area contributed by atoms with Crippen molar-refractivity contribution in [2.24, 2.45) is 0 Å². The number of methoxy groups -OCH3 is 1. The van der Waals surface area contributed by atoms with Gasteiger partial charge in [0.2, 0.25) is 0 Å². The minimum atomic E-state index is -3.46. The molecule has 9 nitrogen and oxygen atoms in total. The summed E-state index contributed by atoms with van der Waals surface area (Å²) < 4.78 is 37.2. The van der Waals surface area contributed by atoms with E-state index in [0.717, 1.165) is 6.26 Å². The molecule has 0 atom stereocenters. The van der Waals surface area contributed by atoms with Gasteiger partial charge in [0.05, 0.1) is 25.4 Å². The Labute approximate surface area is 127 Å². The molecule has 122 valence electrons. The third kappa shape index (κ3) is 3.08. The maximum Gasteiger partial charge on any atom is 0.298 e. The summed E-state index contributed by atoms with van der Waals surface area (Å²) in [5.74, 6) is -0.201. The zero-order chi connectivity index (χ0) is 15.9. The van der Waals surface area contributed by atoms with Gasteiger partial charge in [-0.25, -0.2) is 0 Å². The number of carbonyl (C=O) groups is 1. The summed E-state index contributed by atoms with van der Waals surface area (Å²) in [5, 5.41) is 0. The second-order valence-corrected chi connectivity index (χ2v) is 7.01. The smallest absolute Gasteiger partial charge is 0.298 e. The van der Waals surface area contributed by atoms with Gasteiger partial charge in [-0.15, -0.1) is 0 Å². The van der Waals surface area contributed by atoms with Crippen molar-refractivity contribution < 1.29 is 26.5 Å². The predicted octanol–water partition coefficient (Wildman–Crippen LogP) is -0.690. The van der Waals surface area contributed by atoms with Gasteiger partial charge in [-0.1, -0.05) is 0 Å². The minimum absolute atomic E-state index is 0.0830. The Morgan fingerprint density at radius 2 is 2.00 bits per heavy atom. The average Bonchev–Trinajstić information content (AvgIpc) is 2.79. The molecule has 1 aromatic heterocycles. The van der Waals surface area contributed by atoms with Crippen LogP contribution in [0, 0.1) is 0 Å². The molecular formula is C12H17N3O6S. The first-order valence-electron chi connectivity index (χ1n) is 6.76. The van der Waals surface area contributed by atoms with E-state index in [4.69, 9.17) is 13.3 Å². The maximum atomic E-state index is 12.1. The van der Waals surface area contributed by atoms with E-state index in [2.05, 4.69) is 4.98 Å². The van der Waals surface area contributed by atoms with Crippen LogP contribution in [0.1, 0.15) is 10.5 Å². The largest absolute Gasteiger partial charge is 0.431 e. The van der Waals surface area contributed by atoms with Gasteiger partial charge in [0.15, 0.2) is 5.69 Å². The SMILES string of the molecule is COC1CN(C(=O)c2coc(N3CC(OS(C)(=O)=O)C3)n2)C1. The van der Waals surface area contributed by atoms with E-state index in [-0.39, 0.29) is 17.7 Å². The van der Waals surface area contributed by atoms with E-state index in [0.29, 0.717) is 32.2 Å². The lowest BCUT2D eigenvalue weighted by Gasteiger charge is -2.37. The van der Waals surface area contributed by atoms with Gasteiger partial charge in [-0.2, -0.15) is 13.4 Å². The van der Waals surface area contributed by atoms with Crippen molar-refractivity contribution in [1.29, 1.82) is 0 Å². The Bertz CT molecular complexity index is 660. The highest BCUT2D eigenvalue weighted by molar-refractivity contribution is 7.86. The van der Waals surface area contributed by atoms with Crippen LogP contribution < -0.4 is 4.90 Å². The first-order chi connectivity index (χ1) is 10.4. The molecule has 2 saturated heterocycles. The van der Waals surface area contributed by atoms with E-state index in [1.807, 2.05) is 0 Å². The minimum Gasteiger partial charge on any atom is -0.431 e. The van der Waals surface area contributed by atoms with E-state index in [1.165, 1.54) is 6.26 Å². The molecule has 0 bridgehead atoms. The summed E-state index contributed by atoms with van der Waals surface area (Å²) in [4.78, 5) is 19.6. The average molecular weight is 331 g/mol. The van der Waals surface area contributed by atoms with Crippen LogP contribution in [0.15, 0.2) is 10.7 Å². The number of hydrogen-bond acceptors (Lipinski definition) is 8. The Hall–Kier alpha value is -1.65. The molecule has 3 rings (SSSR count). The molecule has 2 aliphatic heterocycles. The molecular weight excluding hydrogens is 314 g/mol. The molecule has 2 fully saturated rings. The highest BCUT2D eigenvalue weighted by Crippen LogP contribution is 2.24. The summed E-state index contributed by atoms with van der Waals surface area (Å²) in [5.41, 5.74) is 0.233. The molecule has 0 aromatic carbocycles. The fourth-order valence-electron chi connectivity index (χ4n) is 2.33. The second kappa shape index (κ2) is 5.52. The van der Waals surface area contributed by atoms with Crippen LogP contribution in [0.2, 0.25) is 0 Å². The Morgan fingerprint density at radius 1 is 1.32 bits per heavy atom. The molecule has 2 aliphatic rings. The van der Waals surface area contributed by atoms with Gasteiger partial charge in [0.25, 0.3) is 22.0 Å². The van der Waals surface area contributed by atoms with Gasteiger partial charge in [-0.05, 0) is 0 Å². The fraction of sp³-hybridized carbons (Fsp3) is 0.667. The topological polar surface area (TPSA) is 102 Å². The number of ether oxygens (including phenoxy) is 1. The summed E-state index contributed by atoms with van der Waals surface area (Å²) in [6, 6.07) is 0.292. The molecule has 0 radical (unpaired) electrons. The van der Waals surface area contributed by atoms with Gasteiger partial charge < -0.3 is 19.0 Å². The quantitative estimate of drug-likeness (QED) is 0.653. The third-order valence-corrected chi connectivity index (χ3v) is 4.23. The summed E-state index contributed by atoms with van der Waals surface area (Å²) >= 11 is 0. The van der Waals surface area contributed by atoms with Crippen LogP contribution in [0.25, 0.3) is 0 Å². The molecule has 22 heavy (non-hydrogen) atoms. The van der Waals surface area contributed by atoms with Crippen molar-refractivity contribution in [3.8, 4) is 0 Å². The van der Waals surface area contributed by atoms with E-state index < -0.39 is 16.2 Å². The van der Waals surface area contributed by atoms with Crippen molar-refractivity contribution in [3.63, 3.8) is 0 Å². The second-order valence-electron chi connectivity index (χ2n) is 5.41. The molecule has 0 N–H and O–H groups in total. The lowest BCUT2D eigenvalue weighted by molar-refractivity contribution is -0.0194. The van der Waals surface area contributed by atoms with Crippen LogP contribution in [-0.4, -0.2) is 76.0 Å². The van der Waals surface area contributed by atoms with Crippen LogP contribution in [-0.2, 0) is 19.0 Å². The predicted molar refractivity (Wildman–Crippen MR) is 75.1 cm³/mol. The Kier molecular flexibility index (Phi) is 3.83. The molecule has 0 aliphatic carbocycles. The number of likely N-dealkylation sites (tertiary alicyclic amines) is 1. The van der Waals surface area contributed by atoms with Crippen molar-refractivity contribution >= 4 is 22.0 Å². The number of anilines is 1. The van der Waals surface area contributed by atoms with Crippen molar-refractivity contribution in [2.45, 2.75) is 12.2 Å². The standard InChI is InChI=1S/C12H17N3O6S/c1-19-8-3-14(4-8)11(16)10-7-20-12(13-10)15-5-9(6-15)21-22(2,17)18/h7-9H,3-6H2,1-2H3. The fourth-order valence-corrected chi connectivity index (χ4v) is 2.94. The molecule has 10 heteroatoms. The zero-order valence-electron chi connectivity index (χ0n) is 12.3. The number of amides is 1. The van der Waals surface area contributed by atoms with Crippen LogP contribution in [0.4, 0.5) is 6.01 Å². The third-order valence-electron chi connectivity index (χ3n) is 3.61. The monoisotopic (exact) mass is 331 g/mol. The number of rotatable bonds is 5. The Morgan fingerprint density at radius 3 is 2.59 bits per heavy atom. The summed E-state index contributed by atoms with van der Waals surface area (Å²) in [6.45, 7) is 1.81. The molecule has 0 saturated carbocycles. The molecule has 0 unspecified atom stereocenters. The van der Waals surface area contributed by atoms with E-state index in [9.17, 15) is 13.2 Å². The van der Waals surface area contributed by atoms with Crippen molar-refractivity contribution in [3.05, 3.63) is 12.0 Å². The number of aromatic nitrogens is 1. The zero-order valence-corrected chi connectivity index (χ0v) is 13.1. The highest BCUT2D eigenvalue weighted by atomic mass is 32.2. The van der Waals surface area contributed by atoms with Crippen molar-refractivity contribution in [1.82, 2.24) is 9.88 Å². The van der Waals surface area contributed by atoms with Gasteiger partial charge in [-0.3, -0.25) is 8.98 Å². The summed E-state index contributed by atoms with van der Waals surface area (Å²) in [7, 11) is -1.85. The normalized spacial score (nSPS) is 19.9. The van der Waals surface area contributed by atoms with E-state index in [1.54, 1.807) is 16.9 Å². The molecule has 1 amide bonds. The first-order valence-corrected chi connectivity index (χ1v) is 8.58. The first kappa shape index (κ1) is 15.3. The van der Waals surface area contributed by atoms with Gasteiger partial charge in [0.1, 0.15) is 12.4 Å². The summed E-state index contributed by atoms with van der Waals surface area (Å²) in [6.07, 6.45) is 2.00. The van der Waals surface area contributed by atoms with Crippen LogP contribution >= 0.6 is 0 Å². The maximum absolute atomic E-state index is 12.1. The number of carbonyl (C=O) groups excluding carboxylic acids is 1. The van der Waals surface area contributed by atoms with Crippen LogP contribution in [0.5, 0.6) is 0 Å². The number of hydrogen-bond donors (Lipinski definition) is 0. The lowest BCUT2D eigenvalue weighted by Crippen LogP contribution is -2.54. The molecule has 1 aromatic rings. The number of nitrogens with zero attached hydrogens (tertiary/aromatic N) is 3. The van der Waals surface area contributed by atoms with E-state index >= 15 is 0 Å². The highest BCUT2D eigenvalue weighted by Gasteiger charge is 2.36. The number of oxazole rings is 1. The van der Waals surface area contributed by atoms with Gasteiger partial charge in [0, 0.05) is 20.2 Å². The van der Waals surface area contributed by atoms with Crippen molar-refractivity contribution in [2.75, 3.05) is 44.4 Å². The molecule has 3 heterocycles. The molecule has 0 spiro atoms.